The Kier molecular flexibility index (Phi) is 10.2. The number of halogens is 2. The molecule has 1 N–H and O–H groups in total. The Bertz CT molecular complexity index is 1330. The lowest BCUT2D eigenvalue weighted by molar-refractivity contribution is -0.384. The number of nitro groups is 1. The SMILES string of the molecule is Cc1ccc([N+](=O)[O-])cc1N(CC(=O)N(Cc1c(Cl)cccc1Cl)[C@H](C)C(=O)NC1CCCCC1)S(C)(=O)=O. The van der Waals surface area contributed by atoms with Crippen molar-refractivity contribution in [2.45, 2.75) is 64.6 Å². The highest BCUT2D eigenvalue weighted by Crippen LogP contribution is 2.30. The Morgan fingerprint density at radius 2 is 1.74 bits per heavy atom. The largest absolute Gasteiger partial charge is 0.352 e. The lowest BCUT2D eigenvalue weighted by atomic mass is 9.95. The number of nitrogens with one attached hydrogen (secondary N) is 1. The minimum absolute atomic E-state index is 0.00455. The zero-order chi connectivity index (χ0) is 28.9. The number of hydrogen-bond acceptors (Lipinski definition) is 6. The van der Waals surface area contributed by atoms with Crippen LogP contribution in [0.2, 0.25) is 10.0 Å². The van der Waals surface area contributed by atoms with E-state index in [2.05, 4.69) is 5.32 Å². The van der Waals surface area contributed by atoms with E-state index >= 15 is 0 Å². The first-order chi connectivity index (χ1) is 18.3. The predicted molar refractivity (Wildman–Crippen MR) is 152 cm³/mol. The molecule has 13 heteroatoms. The van der Waals surface area contributed by atoms with Gasteiger partial charge in [-0.15, -0.1) is 0 Å². The van der Waals surface area contributed by atoms with Crippen molar-refractivity contribution in [2.24, 2.45) is 0 Å². The molecule has 1 aliphatic rings. The highest BCUT2D eigenvalue weighted by Gasteiger charge is 2.32. The molecule has 0 heterocycles. The number of rotatable bonds is 10. The van der Waals surface area contributed by atoms with E-state index in [1.165, 1.54) is 17.0 Å². The Hall–Kier alpha value is -2.89. The number of sulfonamides is 1. The maximum atomic E-state index is 13.8. The van der Waals surface area contributed by atoms with E-state index in [-0.39, 0.29) is 39.9 Å². The molecule has 3 rings (SSSR count). The van der Waals surface area contributed by atoms with Crippen LogP contribution in [0, 0.1) is 17.0 Å². The van der Waals surface area contributed by atoms with Gasteiger partial charge in [-0.25, -0.2) is 8.42 Å². The molecule has 1 saturated carbocycles. The van der Waals surface area contributed by atoms with E-state index in [1.54, 1.807) is 32.0 Å². The number of carbonyl (C=O) groups is 2. The molecular weight excluding hydrogens is 567 g/mol. The topological polar surface area (TPSA) is 130 Å². The number of amides is 2. The second kappa shape index (κ2) is 13.0. The van der Waals surface area contributed by atoms with Gasteiger partial charge in [0.1, 0.15) is 12.6 Å². The fraction of sp³-hybridized carbons (Fsp3) is 0.462. The number of nitro benzene ring substituents is 1. The lowest BCUT2D eigenvalue weighted by Gasteiger charge is -2.33. The first kappa shape index (κ1) is 30.6. The van der Waals surface area contributed by atoms with E-state index in [0.717, 1.165) is 48.7 Å². The van der Waals surface area contributed by atoms with Crippen molar-refractivity contribution in [1.82, 2.24) is 10.2 Å². The fourth-order valence-corrected chi connectivity index (χ4v) is 6.00. The van der Waals surface area contributed by atoms with Crippen LogP contribution >= 0.6 is 23.2 Å². The van der Waals surface area contributed by atoms with Gasteiger partial charge in [0, 0.05) is 40.3 Å². The van der Waals surface area contributed by atoms with E-state index in [9.17, 15) is 28.1 Å². The summed E-state index contributed by atoms with van der Waals surface area (Å²) in [6.07, 6.45) is 5.71. The van der Waals surface area contributed by atoms with Gasteiger partial charge in [0.2, 0.25) is 21.8 Å². The molecule has 2 aromatic rings. The Morgan fingerprint density at radius 3 is 2.31 bits per heavy atom. The molecule has 1 atom stereocenters. The summed E-state index contributed by atoms with van der Waals surface area (Å²) in [5.74, 6) is -1.08. The van der Waals surface area contributed by atoms with E-state index in [0.29, 0.717) is 11.1 Å². The summed E-state index contributed by atoms with van der Waals surface area (Å²) >= 11 is 12.7. The smallest absolute Gasteiger partial charge is 0.271 e. The number of aryl methyl sites for hydroxylation is 1. The van der Waals surface area contributed by atoms with Gasteiger partial charge in [-0.1, -0.05) is 54.6 Å². The molecule has 0 spiro atoms. The summed E-state index contributed by atoms with van der Waals surface area (Å²) < 4.78 is 26.5. The van der Waals surface area contributed by atoms with Crippen LogP contribution in [-0.4, -0.2) is 54.9 Å². The highest BCUT2D eigenvalue weighted by molar-refractivity contribution is 7.92. The van der Waals surface area contributed by atoms with Gasteiger partial charge < -0.3 is 10.2 Å². The van der Waals surface area contributed by atoms with Gasteiger partial charge >= 0.3 is 0 Å². The van der Waals surface area contributed by atoms with Gasteiger partial charge in [0.05, 0.1) is 16.9 Å². The van der Waals surface area contributed by atoms with Crippen molar-refractivity contribution in [2.75, 3.05) is 17.1 Å². The number of hydrogen-bond donors (Lipinski definition) is 1. The fourth-order valence-electron chi connectivity index (χ4n) is 4.58. The van der Waals surface area contributed by atoms with Crippen LogP contribution in [0.4, 0.5) is 11.4 Å². The lowest BCUT2D eigenvalue weighted by Crippen LogP contribution is -2.53. The summed E-state index contributed by atoms with van der Waals surface area (Å²) in [4.78, 5) is 39.0. The number of anilines is 1. The van der Waals surface area contributed by atoms with Crippen LogP contribution in [0.3, 0.4) is 0 Å². The molecule has 0 radical (unpaired) electrons. The molecule has 212 valence electrons. The van der Waals surface area contributed by atoms with E-state index in [1.807, 2.05) is 0 Å². The summed E-state index contributed by atoms with van der Waals surface area (Å²) in [6.45, 7) is 2.31. The van der Waals surface area contributed by atoms with Gasteiger partial charge in [-0.2, -0.15) is 0 Å². The molecule has 2 aromatic carbocycles. The monoisotopic (exact) mass is 598 g/mol. The second-order valence-electron chi connectivity index (χ2n) is 9.74. The molecule has 1 aliphatic carbocycles. The first-order valence-corrected chi connectivity index (χ1v) is 15.2. The number of benzene rings is 2. The van der Waals surface area contributed by atoms with Crippen molar-refractivity contribution >= 4 is 56.4 Å². The molecule has 0 aromatic heterocycles. The van der Waals surface area contributed by atoms with E-state index in [4.69, 9.17) is 23.2 Å². The normalized spacial score (nSPS) is 14.9. The Balaban J connectivity index is 1.98. The molecule has 0 aliphatic heterocycles. The van der Waals surface area contributed by atoms with Crippen molar-refractivity contribution in [3.8, 4) is 0 Å². The minimum Gasteiger partial charge on any atom is -0.352 e. The van der Waals surface area contributed by atoms with Gasteiger partial charge in [0.15, 0.2) is 0 Å². The maximum Gasteiger partial charge on any atom is 0.271 e. The number of carbonyl (C=O) groups excluding carboxylic acids is 2. The third-order valence-electron chi connectivity index (χ3n) is 6.86. The Morgan fingerprint density at radius 1 is 1.13 bits per heavy atom. The average Bonchev–Trinajstić information content (AvgIpc) is 2.87. The second-order valence-corrected chi connectivity index (χ2v) is 12.5. The van der Waals surface area contributed by atoms with Crippen molar-refractivity contribution in [3.63, 3.8) is 0 Å². The van der Waals surface area contributed by atoms with Crippen LogP contribution in [0.15, 0.2) is 36.4 Å². The summed E-state index contributed by atoms with van der Waals surface area (Å²) in [5, 5.41) is 14.9. The van der Waals surface area contributed by atoms with Gasteiger partial charge in [-0.05, 0) is 44.4 Å². The molecular formula is C26H32Cl2N4O6S. The molecule has 2 amide bonds. The van der Waals surface area contributed by atoms with Crippen LogP contribution < -0.4 is 9.62 Å². The predicted octanol–water partition coefficient (Wildman–Crippen LogP) is 4.84. The van der Waals surface area contributed by atoms with Crippen LogP contribution in [0.1, 0.15) is 50.2 Å². The molecule has 0 unspecified atom stereocenters. The molecule has 1 fully saturated rings. The summed E-state index contributed by atoms with van der Waals surface area (Å²) in [6, 6.07) is 7.64. The van der Waals surface area contributed by atoms with Crippen LogP contribution in [0.5, 0.6) is 0 Å². The zero-order valence-electron chi connectivity index (χ0n) is 22.0. The quantitative estimate of drug-likeness (QED) is 0.307. The number of non-ortho nitro benzene ring substituents is 1. The molecule has 10 nitrogen and oxygen atoms in total. The highest BCUT2D eigenvalue weighted by atomic mass is 35.5. The maximum absolute atomic E-state index is 13.8. The van der Waals surface area contributed by atoms with Crippen molar-refractivity contribution < 1.29 is 22.9 Å². The van der Waals surface area contributed by atoms with Crippen molar-refractivity contribution in [3.05, 3.63) is 67.7 Å². The van der Waals surface area contributed by atoms with Crippen LogP contribution in [0.25, 0.3) is 0 Å². The average molecular weight is 600 g/mol. The van der Waals surface area contributed by atoms with E-state index < -0.39 is 33.4 Å². The molecule has 0 bridgehead atoms. The third-order valence-corrected chi connectivity index (χ3v) is 8.70. The first-order valence-electron chi connectivity index (χ1n) is 12.5. The van der Waals surface area contributed by atoms with Gasteiger partial charge in [0.25, 0.3) is 5.69 Å². The van der Waals surface area contributed by atoms with Gasteiger partial charge in [-0.3, -0.25) is 24.0 Å². The zero-order valence-corrected chi connectivity index (χ0v) is 24.4. The Labute approximate surface area is 238 Å². The van der Waals surface area contributed by atoms with Crippen molar-refractivity contribution in [1.29, 1.82) is 0 Å². The molecule has 0 saturated heterocycles. The standard InChI is InChI=1S/C26H32Cl2N4O6S/c1-17-12-13-20(32(35)36)14-24(17)31(39(3,37)38)16-25(33)30(15-21-22(27)10-7-11-23(21)28)18(2)26(34)29-19-8-5-4-6-9-19/h7,10-14,18-19H,4-6,8-9,15-16H2,1-3H3,(H,29,34)/t18-/m1/s1. The third kappa shape index (κ3) is 7.83. The number of nitrogens with zero attached hydrogens (tertiary/aromatic N) is 3. The summed E-state index contributed by atoms with van der Waals surface area (Å²) in [7, 11) is -4.06. The summed E-state index contributed by atoms with van der Waals surface area (Å²) in [5.41, 5.74) is 0.498. The minimum atomic E-state index is -4.06. The molecule has 39 heavy (non-hydrogen) atoms. The van der Waals surface area contributed by atoms with Crippen LogP contribution in [-0.2, 0) is 26.2 Å².